The number of benzene rings is 1. The molecule has 0 saturated carbocycles. The monoisotopic (exact) mass is 182 g/mol. The summed E-state index contributed by atoms with van der Waals surface area (Å²) in [5, 5.41) is 3.23. The van der Waals surface area contributed by atoms with Gasteiger partial charge in [0.25, 0.3) is 0 Å². The van der Waals surface area contributed by atoms with Crippen molar-refractivity contribution < 1.29 is 12.4 Å². The molecule has 1 aromatic rings. The lowest BCUT2D eigenvalue weighted by Gasteiger charge is -1.99. The second-order valence-corrected chi connectivity index (χ2v) is 2.41. The summed E-state index contributed by atoms with van der Waals surface area (Å²) in [6, 6.07) is 10.3. The van der Waals surface area contributed by atoms with Crippen LogP contribution in [0, 0.1) is 0 Å². The Balaban J connectivity index is 0.00000121. The van der Waals surface area contributed by atoms with Gasteiger partial charge in [0.2, 0.25) is 0 Å². The summed E-state index contributed by atoms with van der Waals surface area (Å²) < 4.78 is 0. The molecule has 1 rings (SSSR count). The number of hydrogen-bond donors (Lipinski definition) is 1. The maximum absolute atomic E-state index is 3.63. The lowest BCUT2D eigenvalue weighted by Crippen LogP contribution is -3.00. The normalized spacial score (nSPS) is 8.67. The Morgan fingerprint density at radius 3 is 2.50 bits per heavy atom. The second-order valence-electron chi connectivity index (χ2n) is 2.41. The van der Waals surface area contributed by atoms with Crippen LogP contribution in [0.5, 0.6) is 0 Å². The summed E-state index contributed by atoms with van der Waals surface area (Å²) in [6.45, 7) is 5.42. The molecule has 0 spiro atoms. The number of halogens is 1. The zero-order chi connectivity index (χ0) is 7.94. The number of nitrogens with one attached hydrogen (secondary N) is 1. The van der Waals surface area contributed by atoms with Gasteiger partial charge in [0.1, 0.15) is 0 Å². The highest BCUT2D eigenvalue weighted by Gasteiger charge is 1.86. The van der Waals surface area contributed by atoms with Crippen molar-refractivity contribution in [3.63, 3.8) is 0 Å². The van der Waals surface area contributed by atoms with Crippen LogP contribution in [0.2, 0.25) is 0 Å². The van der Waals surface area contributed by atoms with Crippen LogP contribution in [0.25, 0.3) is 0 Å². The standard InChI is InChI=1S/C10H13N.ClH/c1-2-8-11-9-10-6-4-3-5-7-10;/h2-7,11H,1,8-9H2;1H/p-1. The summed E-state index contributed by atoms with van der Waals surface area (Å²) in [4.78, 5) is 0. The Hall–Kier alpha value is -0.790. The van der Waals surface area contributed by atoms with Gasteiger partial charge in [0.05, 0.1) is 0 Å². The molecule has 0 amide bonds. The molecule has 0 aliphatic heterocycles. The first-order valence-corrected chi connectivity index (χ1v) is 3.79. The minimum Gasteiger partial charge on any atom is -1.00 e. The summed E-state index contributed by atoms with van der Waals surface area (Å²) >= 11 is 0. The van der Waals surface area contributed by atoms with Gasteiger partial charge < -0.3 is 17.7 Å². The van der Waals surface area contributed by atoms with Gasteiger partial charge in [0, 0.05) is 13.1 Å². The first-order chi connectivity index (χ1) is 5.43. The first kappa shape index (κ1) is 11.2. The molecule has 0 radical (unpaired) electrons. The van der Waals surface area contributed by atoms with Crippen molar-refractivity contribution in [1.29, 1.82) is 0 Å². The smallest absolute Gasteiger partial charge is 0.0208 e. The molecule has 12 heavy (non-hydrogen) atoms. The van der Waals surface area contributed by atoms with Crippen molar-refractivity contribution in [3.05, 3.63) is 48.6 Å². The van der Waals surface area contributed by atoms with E-state index in [4.69, 9.17) is 0 Å². The van der Waals surface area contributed by atoms with Gasteiger partial charge in [-0.1, -0.05) is 36.4 Å². The molecule has 2 heteroatoms. The van der Waals surface area contributed by atoms with Crippen LogP contribution in [-0.4, -0.2) is 6.54 Å². The Kier molecular flexibility index (Phi) is 6.44. The van der Waals surface area contributed by atoms with Gasteiger partial charge in [-0.2, -0.15) is 0 Å². The topological polar surface area (TPSA) is 12.0 Å². The van der Waals surface area contributed by atoms with E-state index >= 15 is 0 Å². The SMILES string of the molecule is C=CCNCc1ccccc1.[Cl-]. The van der Waals surface area contributed by atoms with E-state index in [0.29, 0.717) is 0 Å². The van der Waals surface area contributed by atoms with E-state index in [1.54, 1.807) is 0 Å². The molecule has 0 heterocycles. The van der Waals surface area contributed by atoms with Crippen LogP contribution in [0.15, 0.2) is 43.0 Å². The zero-order valence-corrected chi connectivity index (χ0v) is 7.72. The summed E-state index contributed by atoms with van der Waals surface area (Å²) in [5.41, 5.74) is 1.31. The highest BCUT2D eigenvalue weighted by Crippen LogP contribution is 1.96. The second kappa shape index (κ2) is 6.89. The van der Waals surface area contributed by atoms with Crippen molar-refractivity contribution in [3.8, 4) is 0 Å². The molecule has 66 valence electrons. The van der Waals surface area contributed by atoms with Crippen LogP contribution in [0.4, 0.5) is 0 Å². The van der Waals surface area contributed by atoms with Crippen LogP contribution >= 0.6 is 0 Å². The Morgan fingerprint density at radius 1 is 1.25 bits per heavy atom. The van der Waals surface area contributed by atoms with E-state index in [0.717, 1.165) is 13.1 Å². The van der Waals surface area contributed by atoms with E-state index in [9.17, 15) is 0 Å². The minimum absolute atomic E-state index is 0. The molecule has 0 bridgehead atoms. The van der Waals surface area contributed by atoms with Crippen LogP contribution in [0.3, 0.4) is 0 Å². The van der Waals surface area contributed by atoms with Crippen molar-refractivity contribution in [2.24, 2.45) is 0 Å². The Bertz CT molecular complexity index is 208. The van der Waals surface area contributed by atoms with Crippen LogP contribution in [0.1, 0.15) is 5.56 Å². The number of rotatable bonds is 4. The van der Waals surface area contributed by atoms with Crippen molar-refractivity contribution in [2.75, 3.05) is 6.54 Å². The van der Waals surface area contributed by atoms with Gasteiger partial charge in [0.15, 0.2) is 0 Å². The molecule has 0 fully saturated rings. The average Bonchev–Trinajstić information content (AvgIpc) is 2.07. The molecule has 0 aromatic heterocycles. The lowest BCUT2D eigenvalue weighted by molar-refractivity contribution is -0.00000228. The average molecular weight is 183 g/mol. The van der Waals surface area contributed by atoms with Crippen LogP contribution in [-0.2, 0) is 6.54 Å². The van der Waals surface area contributed by atoms with E-state index < -0.39 is 0 Å². The zero-order valence-electron chi connectivity index (χ0n) is 6.96. The molecule has 1 aromatic carbocycles. The Labute approximate surface area is 79.9 Å². The van der Waals surface area contributed by atoms with Gasteiger partial charge in [-0.25, -0.2) is 0 Å². The molecule has 0 unspecified atom stereocenters. The third-order valence-corrected chi connectivity index (χ3v) is 1.46. The van der Waals surface area contributed by atoms with E-state index in [1.165, 1.54) is 5.56 Å². The van der Waals surface area contributed by atoms with E-state index in [2.05, 4.69) is 24.0 Å². The maximum Gasteiger partial charge on any atom is 0.0208 e. The molecule has 0 aliphatic carbocycles. The lowest BCUT2D eigenvalue weighted by atomic mass is 10.2. The van der Waals surface area contributed by atoms with Gasteiger partial charge >= 0.3 is 0 Å². The minimum atomic E-state index is 0. The molecule has 0 atom stereocenters. The fraction of sp³-hybridized carbons (Fsp3) is 0.200. The van der Waals surface area contributed by atoms with Gasteiger partial charge in [-0.05, 0) is 5.56 Å². The molecule has 0 saturated heterocycles. The predicted octanol–water partition coefficient (Wildman–Crippen LogP) is -1.03. The quantitative estimate of drug-likeness (QED) is 0.464. The number of hydrogen-bond acceptors (Lipinski definition) is 1. The predicted molar refractivity (Wildman–Crippen MR) is 48.3 cm³/mol. The summed E-state index contributed by atoms with van der Waals surface area (Å²) in [5.74, 6) is 0. The third-order valence-electron chi connectivity index (χ3n) is 1.46. The largest absolute Gasteiger partial charge is 1.00 e. The van der Waals surface area contributed by atoms with Gasteiger partial charge in [-0.15, -0.1) is 6.58 Å². The van der Waals surface area contributed by atoms with Crippen molar-refractivity contribution >= 4 is 0 Å². The maximum atomic E-state index is 3.63. The summed E-state index contributed by atoms with van der Waals surface area (Å²) in [7, 11) is 0. The van der Waals surface area contributed by atoms with Crippen molar-refractivity contribution in [2.45, 2.75) is 6.54 Å². The third kappa shape index (κ3) is 4.16. The molecular weight excluding hydrogens is 170 g/mol. The van der Waals surface area contributed by atoms with E-state index in [-0.39, 0.29) is 12.4 Å². The van der Waals surface area contributed by atoms with Crippen molar-refractivity contribution in [1.82, 2.24) is 5.32 Å². The molecule has 0 aliphatic rings. The van der Waals surface area contributed by atoms with Gasteiger partial charge in [-0.3, -0.25) is 0 Å². The first-order valence-electron chi connectivity index (χ1n) is 3.79. The Morgan fingerprint density at radius 2 is 1.92 bits per heavy atom. The fourth-order valence-electron chi connectivity index (χ4n) is 0.914. The van der Waals surface area contributed by atoms with E-state index in [1.807, 2.05) is 24.3 Å². The summed E-state index contributed by atoms with van der Waals surface area (Å²) in [6.07, 6.45) is 1.86. The van der Waals surface area contributed by atoms with Crippen LogP contribution < -0.4 is 17.7 Å². The highest BCUT2D eigenvalue weighted by molar-refractivity contribution is 5.14. The highest BCUT2D eigenvalue weighted by atomic mass is 35.5. The fourth-order valence-corrected chi connectivity index (χ4v) is 0.914. The molecule has 1 nitrogen and oxygen atoms in total. The molecule has 1 N–H and O–H groups in total. The molecular formula is C10H13ClN-.